The second-order valence-corrected chi connectivity index (χ2v) is 4.90. The average molecular weight is 253 g/mol. The molecule has 0 atom stereocenters. The Labute approximate surface area is 96.7 Å². The van der Waals surface area contributed by atoms with Crippen molar-refractivity contribution in [3.63, 3.8) is 0 Å². The van der Waals surface area contributed by atoms with Gasteiger partial charge in [0.25, 0.3) is 0 Å². The van der Waals surface area contributed by atoms with E-state index in [-0.39, 0.29) is 5.78 Å². The van der Waals surface area contributed by atoms with Gasteiger partial charge in [0.15, 0.2) is 0 Å². The minimum Gasteiger partial charge on any atom is -0.726 e. The highest BCUT2D eigenvalue weighted by atomic mass is 32.3. The first kappa shape index (κ1) is 17.6. The molecule has 0 saturated heterocycles. The first-order valence-electron chi connectivity index (χ1n) is 4.58. The molecule has 0 aliphatic heterocycles. The van der Waals surface area contributed by atoms with Gasteiger partial charge in [0.1, 0.15) is 6.54 Å². The van der Waals surface area contributed by atoms with Gasteiger partial charge in [-0.2, -0.15) is 0 Å². The average Bonchev–Trinajstić information content (AvgIpc) is 2.00. The van der Waals surface area contributed by atoms with Gasteiger partial charge in [-0.1, -0.05) is 6.58 Å². The number of likely N-dealkylation sites (N-methyl/N-ethyl adjacent to an activating group) is 1. The van der Waals surface area contributed by atoms with E-state index in [0.717, 1.165) is 11.0 Å². The molecule has 0 aliphatic rings. The number of ketones is 1. The van der Waals surface area contributed by atoms with E-state index in [9.17, 15) is 4.79 Å². The van der Waals surface area contributed by atoms with E-state index >= 15 is 0 Å². The molecule has 96 valence electrons. The number of nitrogens with zero attached hydrogens (tertiary/aromatic N) is 1. The lowest BCUT2D eigenvalue weighted by Crippen LogP contribution is -2.43. The highest BCUT2D eigenvalue weighted by molar-refractivity contribution is 7.79. The lowest BCUT2D eigenvalue weighted by molar-refractivity contribution is -0.880. The lowest BCUT2D eigenvalue weighted by atomic mass is 10.2. The molecule has 0 radical (unpaired) electrons. The lowest BCUT2D eigenvalue weighted by Gasteiger charge is -2.27. The highest BCUT2D eigenvalue weighted by Crippen LogP contribution is 1.99. The van der Waals surface area contributed by atoms with Crippen LogP contribution in [0.3, 0.4) is 0 Å². The third kappa shape index (κ3) is 15.7. The molecule has 6 nitrogen and oxygen atoms in total. The molecule has 0 spiro atoms. The van der Waals surface area contributed by atoms with E-state index in [0.29, 0.717) is 12.1 Å². The summed E-state index contributed by atoms with van der Waals surface area (Å²) in [6, 6.07) is 0. The fourth-order valence-electron chi connectivity index (χ4n) is 0.636. The summed E-state index contributed by atoms with van der Waals surface area (Å²) in [6.07, 6.45) is 0. The van der Waals surface area contributed by atoms with Crippen LogP contribution < -0.4 is 0 Å². The Morgan fingerprint density at radius 1 is 1.44 bits per heavy atom. The van der Waals surface area contributed by atoms with E-state index in [2.05, 4.69) is 13.5 Å². The zero-order valence-corrected chi connectivity index (χ0v) is 10.9. The standard InChI is InChI=1S/C9H18NO.H2O4S/c1-6-10(4,5)7-9(11)8(2)3;1-5(2,3)4/h2,6-7H2,1,3-5H3;(H2,1,2,3,4)/q+1;/p-1. The molecule has 7 heteroatoms. The maximum atomic E-state index is 11.2. The van der Waals surface area contributed by atoms with Crippen molar-refractivity contribution in [1.82, 2.24) is 0 Å². The van der Waals surface area contributed by atoms with Crippen molar-refractivity contribution in [2.45, 2.75) is 13.8 Å². The Morgan fingerprint density at radius 2 is 1.75 bits per heavy atom. The maximum absolute atomic E-state index is 11.2. The quantitative estimate of drug-likeness (QED) is 0.335. The van der Waals surface area contributed by atoms with Crippen LogP contribution in [0.4, 0.5) is 0 Å². The van der Waals surface area contributed by atoms with Crippen LogP contribution in [-0.2, 0) is 15.2 Å². The summed E-state index contributed by atoms with van der Waals surface area (Å²) in [5.74, 6) is 0.164. The van der Waals surface area contributed by atoms with Crippen LogP contribution in [0.25, 0.3) is 0 Å². The molecular weight excluding hydrogens is 234 g/mol. The Balaban J connectivity index is 0. The number of hydrogen-bond donors (Lipinski definition) is 1. The Bertz CT molecular complexity index is 337. The summed E-state index contributed by atoms with van der Waals surface area (Å²) < 4.78 is 33.6. The Kier molecular flexibility index (Phi) is 7.43. The van der Waals surface area contributed by atoms with Crippen molar-refractivity contribution in [2.24, 2.45) is 0 Å². The summed E-state index contributed by atoms with van der Waals surface area (Å²) in [5.41, 5.74) is 0.657. The Morgan fingerprint density at radius 3 is 1.94 bits per heavy atom. The highest BCUT2D eigenvalue weighted by Gasteiger charge is 2.17. The maximum Gasteiger partial charge on any atom is 0.215 e. The fraction of sp³-hybridized carbons (Fsp3) is 0.667. The zero-order valence-electron chi connectivity index (χ0n) is 10.1. The first-order chi connectivity index (χ1) is 6.89. The van der Waals surface area contributed by atoms with E-state index in [1.54, 1.807) is 6.92 Å². The van der Waals surface area contributed by atoms with Crippen LogP contribution in [0.2, 0.25) is 0 Å². The molecule has 0 aromatic heterocycles. The molecule has 0 aliphatic carbocycles. The van der Waals surface area contributed by atoms with Gasteiger partial charge in [-0.05, 0) is 19.4 Å². The number of quaternary nitrogens is 1. The molecule has 0 aromatic carbocycles. The van der Waals surface area contributed by atoms with Crippen LogP contribution in [0.1, 0.15) is 13.8 Å². The van der Waals surface area contributed by atoms with Crippen molar-refractivity contribution >= 4 is 16.2 Å². The van der Waals surface area contributed by atoms with E-state index in [1.165, 1.54) is 0 Å². The molecule has 0 rings (SSSR count). The minimum absolute atomic E-state index is 0.164. The number of carbonyl (C=O) groups is 1. The topological polar surface area (TPSA) is 94.5 Å². The molecule has 0 bridgehead atoms. The molecule has 0 aromatic rings. The second-order valence-electron chi connectivity index (χ2n) is 4.04. The van der Waals surface area contributed by atoms with Crippen molar-refractivity contribution in [3.05, 3.63) is 12.2 Å². The molecule has 1 N–H and O–H groups in total. The van der Waals surface area contributed by atoms with Crippen molar-refractivity contribution in [2.75, 3.05) is 27.2 Å². The number of carbonyl (C=O) groups excluding carboxylic acids is 1. The van der Waals surface area contributed by atoms with Crippen LogP contribution in [0, 0.1) is 0 Å². The third-order valence-electron chi connectivity index (χ3n) is 1.90. The molecular formula is C9H19NO5S. The predicted octanol–water partition coefficient (Wildman–Crippen LogP) is 0.233. The summed E-state index contributed by atoms with van der Waals surface area (Å²) in [7, 11) is -0.832. The van der Waals surface area contributed by atoms with Gasteiger partial charge in [-0.3, -0.25) is 9.35 Å². The normalized spacial score (nSPS) is 11.4. The van der Waals surface area contributed by atoms with Gasteiger partial charge in [0, 0.05) is 0 Å². The monoisotopic (exact) mass is 253 g/mol. The first-order valence-corrected chi connectivity index (χ1v) is 5.94. The SMILES string of the molecule is C=C(C)C(=O)C[N+](C)(C)CC.O=S(=O)([O-])O. The smallest absolute Gasteiger partial charge is 0.215 e. The predicted molar refractivity (Wildman–Crippen MR) is 59.7 cm³/mol. The van der Waals surface area contributed by atoms with Crippen LogP contribution in [0.5, 0.6) is 0 Å². The second kappa shape index (κ2) is 6.74. The molecule has 16 heavy (non-hydrogen) atoms. The molecule has 0 unspecified atom stereocenters. The zero-order chi connectivity index (χ0) is 13.6. The Hall–Kier alpha value is -0.760. The summed E-state index contributed by atoms with van der Waals surface area (Å²) in [5, 5.41) is 0. The van der Waals surface area contributed by atoms with Crippen LogP contribution in [0.15, 0.2) is 12.2 Å². The van der Waals surface area contributed by atoms with Gasteiger partial charge in [-0.15, -0.1) is 0 Å². The van der Waals surface area contributed by atoms with E-state index in [1.807, 2.05) is 14.1 Å². The largest absolute Gasteiger partial charge is 0.726 e. The van der Waals surface area contributed by atoms with Crippen LogP contribution in [-0.4, -0.2) is 55.0 Å². The van der Waals surface area contributed by atoms with Gasteiger partial charge < -0.3 is 9.04 Å². The van der Waals surface area contributed by atoms with Gasteiger partial charge >= 0.3 is 0 Å². The van der Waals surface area contributed by atoms with Crippen molar-refractivity contribution in [1.29, 1.82) is 0 Å². The number of hydrogen-bond acceptors (Lipinski definition) is 4. The van der Waals surface area contributed by atoms with Crippen LogP contribution >= 0.6 is 0 Å². The van der Waals surface area contributed by atoms with E-state index in [4.69, 9.17) is 17.5 Å². The molecule has 0 amide bonds. The van der Waals surface area contributed by atoms with Crippen molar-refractivity contribution < 1.29 is 26.8 Å². The van der Waals surface area contributed by atoms with Crippen molar-refractivity contribution in [3.8, 4) is 0 Å². The summed E-state index contributed by atoms with van der Waals surface area (Å²) in [6.45, 7) is 8.98. The minimum atomic E-state index is -4.92. The molecule has 0 fully saturated rings. The molecule has 0 heterocycles. The van der Waals surface area contributed by atoms with Gasteiger partial charge in [0.2, 0.25) is 16.2 Å². The number of Topliss-reactive ketones (excluding diaryl/α,β-unsaturated/α-hetero) is 1. The summed E-state index contributed by atoms with van der Waals surface area (Å²) >= 11 is 0. The summed E-state index contributed by atoms with van der Waals surface area (Å²) in [4.78, 5) is 11.2. The fourth-order valence-corrected chi connectivity index (χ4v) is 0.636. The van der Waals surface area contributed by atoms with Gasteiger partial charge in [0.05, 0.1) is 20.6 Å². The number of rotatable bonds is 4. The van der Waals surface area contributed by atoms with Gasteiger partial charge in [-0.25, -0.2) is 8.42 Å². The molecule has 0 saturated carbocycles. The van der Waals surface area contributed by atoms with E-state index < -0.39 is 10.4 Å². The third-order valence-corrected chi connectivity index (χ3v) is 1.90.